The van der Waals surface area contributed by atoms with Crippen LogP contribution in [0.2, 0.25) is 0 Å². The maximum absolute atomic E-state index is 8.82. The number of pyridine rings is 1. The standard InChI is InChI=1S/C12H22N4O/c1-12(2,6-3-7-17)8-15-10-5-4-9(13)11(14)16-10/h4-5,17H,3,6-8,13H2,1-2H3,(H3,14,15,16). The van der Waals surface area contributed by atoms with Crippen molar-refractivity contribution in [2.45, 2.75) is 26.7 Å². The first kappa shape index (κ1) is 13.6. The molecule has 0 radical (unpaired) electrons. The lowest BCUT2D eigenvalue weighted by Crippen LogP contribution is -2.24. The molecule has 0 aromatic carbocycles. The van der Waals surface area contributed by atoms with E-state index in [2.05, 4.69) is 24.1 Å². The van der Waals surface area contributed by atoms with E-state index in [1.54, 1.807) is 6.07 Å². The van der Waals surface area contributed by atoms with Crippen molar-refractivity contribution in [2.75, 3.05) is 29.9 Å². The third-order valence-corrected chi connectivity index (χ3v) is 2.72. The largest absolute Gasteiger partial charge is 0.396 e. The average Bonchev–Trinajstić information content (AvgIpc) is 2.28. The van der Waals surface area contributed by atoms with Crippen molar-refractivity contribution in [3.05, 3.63) is 12.1 Å². The number of aliphatic hydroxyl groups is 1. The van der Waals surface area contributed by atoms with Crippen LogP contribution in [-0.2, 0) is 0 Å². The first-order valence-corrected chi connectivity index (χ1v) is 5.81. The van der Waals surface area contributed by atoms with Crippen LogP contribution in [0.3, 0.4) is 0 Å². The Morgan fingerprint density at radius 2 is 2.06 bits per heavy atom. The lowest BCUT2D eigenvalue weighted by molar-refractivity contribution is 0.248. The van der Waals surface area contributed by atoms with Gasteiger partial charge in [0.1, 0.15) is 11.6 Å². The van der Waals surface area contributed by atoms with E-state index in [9.17, 15) is 0 Å². The number of nitrogens with one attached hydrogen (secondary N) is 1. The van der Waals surface area contributed by atoms with Crippen molar-refractivity contribution >= 4 is 17.3 Å². The number of hydrogen-bond acceptors (Lipinski definition) is 5. The first-order chi connectivity index (χ1) is 7.94. The highest BCUT2D eigenvalue weighted by Gasteiger charge is 2.17. The molecule has 0 aliphatic rings. The molecule has 1 aromatic rings. The van der Waals surface area contributed by atoms with Gasteiger partial charge in [0.2, 0.25) is 0 Å². The first-order valence-electron chi connectivity index (χ1n) is 5.81. The molecule has 0 bridgehead atoms. The van der Waals surface area contributed by atoms with Crippen molar-refractivity contribution < 1.29 is 5.11 Å². The van der Waals surface area contributed by atoms with Gasteiger partial charge < -0.3 is 21.9 Å². The maximum atomic E-state index is 8.82. The van der Waals surface area contributed by atoms with E-state index >= 15 is 0 Å². The summed E-state index contributed by atoms with van der Waals surface area (Å²) in [5, 5.41) is 12.1. The summed E-state index contributed by atoms with van der Waals surface area (Å²) in [6.45, 7) is 5.31. The minimum atomic E-state index is 0.112. The molecule has 0 saturated carbocycles. The summed E-state index contributed by atoms with van der Waals surface area (Å²) in [6.07, 6.45) is 1.77. The van der Waals surface area contributed by atoms with Crippen LogP contribution in [0.5, 0.6) is 0 Å². The van der Waals surface area contributed by atoms with Crippen molar-refractivity contribution in [1.29, 1.82) is 0 Å². The van der Waals surface area contributed by atoms with Crippen LogP contribution in [0.4, 0.5) is 17.3 Å². The van der Waals surface area contributed by atoms with Crippen LogP contribution in [0.25, 0.3) is 0 Å². The van der Waals surface area contributed by atoms with Gasteiger partial charge in [0.15, 0.2) is 0 Å². The Morgan fingerprint density at radius 3 is 2.65 bits per heavy atom. The van der Waals surface area contributed by atoms with Crippen molar-refractivity contribution in [3.63, 3.8) is 0 Å². The molecule has 5 heteroatoms. The number of nitrogens with two attached hydrogens (primary N) is 2. The third kappa shape index (κ3) is 4.48. The SMILES string of the molecule is CC(C)(CCCO)CNc1ccc(N)c(N)n1. The zero-order valence-electron chi connectivity index (χ0n) is 10.5. The summed E-state index contributed by atoms with van der Waals surface area (Å²) in [5.74, 6) is 1.08. The molecule has 6 N–H and O–H groups in total. The normalized spacial score (nSPS) is 11.5. The third-order valence-electron chi connectivity index (χ3n) is 2.72. The predicted octanol–water partition coefficient (Wildman–Crippen LogP) is 1.46. The Balaban J connectivity index is 2.51. The summed E-state index contributed by atoms with van der Waals surface area (Å²) in [7, 11) is 0. The molecule has 1 heterocycles. The van der Waals surface area contributed by atoms with Crippen molar-refractivity contribution in [1.82, 2.24) is 4.98 Å². The number of rotatable bonds is 6. The zero-order chi connectivity index (χ0) is 12.9. The molecule has 17 heavy (non-hydrogen) atoms. The Bertz CT molecular complexity index is 366. The van der Waals surface area contributed by atoms with E-state index in [0.717, 1.165) is 25.2 Å². The van der Waals surface area contributed by atoms with Gasteiger partial charge in [0.25, 0.3) is 0 Å². The van der Waals surface area contributed by atoms with Gasteiger partial charge in [-0.2, -0.15) is 0 Å². The average molecular weight is 238 g/mol. The number of hydrogen-bond donors (Lipinski definition) is 4. The van der Waals surface area contributed by atoms with Gasteiger partial charge >= 0.3 is 0 Å². The van der Waals surface area contributed by atoms with Gasteiger partial charge in [-0.25, -0.2) is 4.98 Å². The highest BCUT2D eigenvalue weighted by Crippen LogP contribution is 2.23. The van der Waals surface area contributed by atoms with E-state index in [0.29, 0.717) is 11.5 Å². The molecule has 0 fully saturated rings. The quantitative estimate of drug-likeness (QED) is 0.601. The van der Waals surface area contributed by atoms with Crippen molar-refractivity contribution in [2.24, 2.45) is 5.41 Å². The van der Waals surface area contributed by atoms with Gasteiger partial charge in [0, 0.05) is 13.2 Å². The van der Waals surface area contributed by atoms with Crippen LogP contribution in [0, 0.1) is 5.41 Å². The molecule has 0 unspecified atom stereocenters. The lowest BCUT2D eigenvalue weighted by Gasteiger charge is -2.25. The van der Waals surface area contributed by atoms with Gasteiger partial charge in [-0.05, 0) is 30.4 Å². The number of anilines is 3. The minimum absolute atomic E-state index is 0.112. The van der Waals surface area contributed by atoms with Crippen molar-refractivity contribution in [3.8, 4) is 0 Å². The zero-order valence-corrected chi connectivity index (χ0v) is 10.5. The number of nitrogens with zero attached hydrogens (tertiary/aromatic N) is 1. The molecular formula is C12H22N4O. The molecule has 1 aromatic heterocycles. The highest BCUT2D eigenvalue weighted by atomic mass is 16.2. The molecule has 0 aliphatic carbocycles. The number of nitrogen functional groups attached to an aromatic ring is 2. The topological polar surface area (TPSA) is 97.2 Å². The lowest BCUT2D eigenvalue weighted by atomic mass is 9.88. The molecule has 1 rings (SSSR count). The monoisotopic (exact) mass is 238 g/mol. The molecule has 5 nitrogen and oxygen atoms in total. The second kappa shape index (κ2) is 5.72. The summed E-state index contributed by atoms with van der Waals surface area (Å²) in [6, 6.07) is 3.55. The fourth-order valence-corrected chi connectivity index (χ4v) is 1.56. The van der Waals surface area contributed by atoms with E-state index in [-0.39, 0.29) is 12.0 Å². The maximum Gasteiger partial charge on any atom is 0.149 e. The van der Waals surface area contributed by atoms with Crippen LogP contribution >= 0.6 is 0 Å². The van der Waals surface area contributed by atoms with E-state index < -0.39 is 0 Å². The Kier molecular flexibility index (Phi) is 4.57. The highest BCUT2D eigenvalue weighted by molar-refractivity contribution is 5.61. The molecule has 96 valence electrons. The number of aliphatic hydroxyl groups excluding tert-OH is 1. The molecule has 0 aliphatic heterocycles. The second-order valence-electron chi connectivity index (χ2n) is 5.02. The molecule has 0 saturated heterocycles. The Morgan fingerprint density at radius 1 is 1.35 bits per heavy atom. The molecule has 0 spiro atoms. The summed E-state index contributed by atoms with van der Waals surface area (Å²) < 4.78 is 0. The predicted molar refractivity (Wildman–Crippen MR) is 71.7 cm³/mol. The van der Waals surface area contributed by atoms with E-state index in [1.807, 2.05) is 6.07 Å². The minimum Gasteiger partial charge on any atom is -0.396 e. The smallest absolute Gasteiger partial charge is 0.149 e. The molecular weight excluding hydrogens is 216 g/mol. The fraction of sp³-hybridized carbons (Fsp3) is 0.583. The van der Waals surface area contributed by atoms with Crippen LogP contribution in [0.15, 0.2) is 12.1 Å². The van der Waals surface area contributed by atoms with Gasteiger partial charge in [-0.15, -0.1) is 0 Å². The molecule has 0 atom stereocenters. The summed E-state index contributed by atoms with van der Waals surface area (Å²) in [4.78, 5) is 4.15. The van der Waals surface area contributed by atoms with Gasteiger partial charge in [-0.3, -0.25) is 0 Å². The molecule has 0 amide bonds. The van der Waals surface area contributed by atoms with Gasteiger partial charge in [-0.1, -0.05) is 13.8 Å². The van der Waals surface area contributed by atoms with Gasteiger partial charge in [0.05, 0.1) is 5.69 Å². The summed E-state index contributed by atoms with van der Waals surface area (Å²) in [5.41, 5.74) is 11.8. The van der Waals surface area contributed by atoms with Crippen LogP contribution in [0.1, 0.15) is 26.7 Å². The van der Waals surface area contributed by atoms with Crippen LogP contribution in [-0.4, -0.2) is 23.2 Å². The number of aromatic nitrogens is 1. The second-order valence-corrected chi connectivity index (χ2v) is 5.02. The Labute approximate surface area is 102 Å². The van der Waals surface area contributed by atoms with E-state index in [1.165, 1.54) is 0 Å². The summed E-state index contributed by atoms with van der Waals surface area (Å²) >= 11 is 0. The van der Waals surface area contributed by atoms with E-state index in [4.69, 9.17) is 16.6 Å². The Hall–Kier alpha value is -1.49. The fourth-order valence-electron chi connectivity index (χ4n) is 1.56. The van der Waals surface area contributed by atoms with Crippen LogP contribution < -0.4 is 16.8 Å².